The number of aliphatic carboxylic acids is 3. The van der Waals surface area contributed by atoms with Gasteiger partial charge in [-0.2, -0.15) is 0 Å². The van der Waals surface area contributed by atoms with E-state index in [2.05, 4.69) is 42.5 Å². The summed E-state index contributed by atoms with van der Waals surface area (Å²) in [6.45, 7) is 12.6. The highest BCUT2D eigenvalue weighted by Crippen LogP contribution is 2.24. The van der Waals surface area contributed by atoms with Gasteiger partial charge in [-0.25, -0.2) is 4.79 Å². The van der Waals surface area contributed by atoms with E-state index in [1.807, 2.05) is 5.32 Å². The van der Waals surface area contributed by atoms with E-state index >= 15 is 0 Å². The summed E-state index contributed by atoms with van der Waals surface area (Å²) >= 11 is 0. The molecular weight excluding hydrogens is 1130 g/mol. The van der Waals surface area contributed by atoms with Gasteiger partial charge in [-0.15, -0.1) is 0 Å². The molecular formula is C54H90N14O18. The molecule has 0 aliphatic carbocycles. The average molecular weight is 1220 g/mol. The number of carbonyl (C=O) groups excluding carboxylic acids is 12. The Morgan fingerprint density at radius 1 is 0.477 bits per heavy atom. The Balaban J connectivity index is 2.33. The molecule has 2 rings (SSSR count). The molecule has 2 aliphatic rings. The number of nitrogens with one attached hydrogen (secondary N) is 9. The molecule has 2 fully saturated rings. The number of unbranched alkanes of at least 4 members (excludes halogenated alkanes) is 1. The number of nitrogens with two attached hydrogens (primary N) is 3. The largest absolute Gasteiger partial charge is 0.481 e. The van der Waals surface area contributed by atoms with E-state index in [-0.39, 0.29) is 57.7 Å². The van der Waals surface area contributed by atoms with Gasteiger partial charge in [0.2, 0.25) is 70.9 Å². The van der Waals surface area contributed by atoms with Crippen LogP contribution < -0.4 is 65.1 Å². The number of hydrogen-bond acceptors (Lipinski definition) is 17. The Kier molecular flexibility index (Phi) is 31.1. The zero-order valence-electron chi connectivity index (χ0n) is 50.2. The fraction of sp³-hybridized carbons (Fsp3) is 0.722. The van der Waals surface area contributed by atoms with Gasteiger partial charge in [0.25, 0.3) is 0 Å². The van der Waals surface area contributed by atoms with Crippen LogP contribution >= 0.6 is 0 Å². The zero-order chi connectivity index (χ0) is 65.3. The first-order valence-corrected chi connectivity index (χ1v) is 28.9. The molecule has 2 saturated heterocycles. The maximum atomic E-state index is 14.5. The normalized spacial score (nSPS) is 17.9. The Labute approximate surface area is 498 Å². The molecule has 0 saturated carbocycles. The Hall–Kier alpha value is -8.03. The van der Waals surface area contributed by atoms with E-state index in [0.717, 1.165) is 0 Å². The van der Waals surface area contributed by atoms with Crippen LogP contribution in [0.15, 0.2) is 0 Å². The van der Waals surface area contributed by atoms with Crippen molar-refractivity contribution in [2.75, 3.05) is 26.2 Å². The molecule has 0 spiro atoms. The van der Waals surface area contributed by atoms with Gasteiger partial charge in [-0.05, 0) is 102 Å². The Morgan fingerprint density at radius 2 is 0.953 bits per heavy atom. The van der Waals surface area contributed by atoms with Gasteiger partial charge in [0.15, 0.2) is 0 Å². The summed E-state index contributed by atoms with van der Waals surface area (Å²) in [7, 11) is 0. The van der Waals surface area contributed by atoms with Crippen LogP contribution in [-0.2, 0) is 71.9 Å². The molecule has 0 bridgehead atoms. The van der Waals surface area contributed by atoms with Crippen molar-refractivity contribution >= 4 is 88.8 Å². The molecule has 32 nitrogen and oxygen atoms in total. The highest BCUT2D eigenvalue weighted by atomic mass is 16.4. The number of primary amides is 1. The summed E-state index contributed by atoms with van der Waals surface area (Å²) in [5, 5.41) is 50.6. The van der Waals surface area contributed by atoms with E-state index in [4.69, 9.17) is 22.3 Å². The van der Waals surface area contributed by atoms with Gasteiger partial charge in [0, 0.05) is 25.9 Å². The van der Waals surface area contributed by atoms with Crippen molar-refractivity contribution in [2.24, 2.45) is 35.0 Å². The van der Waals surface area contributed by atoms with Crippen LogP contribution in [0.1, 0.15) is 139 Å². The lowest BCUT2D eigenvalue weighted by Crippen LogP contribution is -2.61. The van der Waals surface area contributed by atoms with Gasteiger partial charge in [-0.3, -0.25) is 67.1 Å². The van der Waals surface area contributed by atoms with Crippen LogP contribution in [0.25, 0.3) is 0 Å². The lowest BCUT2D eigenvalue weighted by atomic mass is 9.98. The van der Waals surface area contributed by atoms with Gasteiger partial charge >= 0.3 is 17.9 Å². The van der Waals surface area contributed by atoms with Crippen LogP contribution in [0.3, 0.4) is 0 Å². The van der Waals surface area contributed by atoms with Crippen molar-refractivity contribution in [1.82, 2.24) is 57.7 Å². The summed E-state index contributed by atoms with van der Waals surface area (Å²) in [6, 6.07) is -14.9. The van der Waals surface area contributed by atoms with Crippen LogP contribution in [0.5, 0.6) is 0 Å². The van der Waals surface area contributed by atoms with Gasteiger partial charge in [0.05, 0.1) is 13.0 Å². The zero-order valence-corrected chi connectivity index (χ0v) is 50.2. The third-order valence-corrected chi connectivity index (χ3v) is 14.3. The number of hydrogen-bond donors (Lipinski definition) is 15. The van der Waals surface area contributed by atoms with Gasteiger partial charge < -0.3 is 90.2 Å². The molecule has 32 heteroatoms. The quantitative estimate of drug-likeness (QED) is 0.0261. The number of nitrogens with zero attached hydrogens (tertiary/aromatic N) is 2. The predicted octanol–water partition coefficient (Wildman–Crippen LogP) is -4.49. The first kappa shape index (κ1) is 74.1. The van der Waals surface area contributed by atoms with Crippen LogP contribution in [-0.4, -0.2) is 207 Å². The third kappa shape index (κ3) is 24.1. The highest BCUT2D eigenvalue weighted by molar-refractivity contribution is 6.00. The van der Waals surface area contributed by atoms with Crippen molar-refractivity contribution in [3.8, 4) is 0 Å². The first-order valence-electron chi connectivity index (χ1n) is 28.9. The molecule has 18 N–H and O–H groups in total. The second-order valence-electron chi connectivity index (χ2n) is 22.7. The maximum absolute atomic E-state index is 14.5. The van der Waals surface area contributed by atoms with Crippen molar-refractivity contribution in [1.29, 1.82) is 0 Å². The number of rotatable bonds is 37. The lowest BCUT2D eigenvalue weighted by molar-refractivity contribution is -0.147. The summed E-state index contributed by atoms with van der Waals surface area (Å²) in [5.41, 5.74) is 16.3. The van der Waals surface area contributed by atoms with E-state index in [9.17, 15) is 82.1 Å². The summed E-state index contributed by atoms with van der Waals surface area (Å²) in [6.07, 6.45) is -1.27. The first-order chi connectivity index (χ1) is 40.2. The Morgan fingerprint density at radius 3 is 1.45 bits per heavy atom. The minimum atomic E-state index is -1.91. The second-order valence-corrected chi connectivity index (χ2v) is 22.7. The summed E-state index contributed by atoms with van der Waals surface area (Å²) in [4.78, 5) is 199. The van der Waals surface area contributed by atoms with E-state index in [1.54, 1.807) is 41.5 Å². The molecule has 0 radical (unpaired) electrons. The molecule has 12 amide bonds. The van der Waals surface area contributed by atoms with Gasteiger partial charge in [0.1, 0.15) is 66.5 Å². The molecule has 86 heavy (non-hydrogen) atoms. The fourth-order valence-electron chi connectivity index (χ4n) is 9.60. The number of amides is 12. The number of likely N-dealkylation sites (tertiary alicyclic amines) is 2. The standard InChI is InChI=1S/C54H90N14O18/c1-26(2)23-34(48(79)65-42(27(3)4)51(82)61-31(13-9-10-20-55)46(77)60-32(16-18-38(57)69)47(78)64-35(54(85)86)24-41(73)74)63-49(80)36-14-12-22-68(36)53(84)43(28(5)6)66-50(81)37-15-11-21-67(37)52(83)33(17-19-40(71)72)62-45(76)30(8)59-44(75)29(7)58-39(70)25-56/h26-37,42-43H,9-25,55-56H2,1-8H3,(H2,57,69)(H,58,70)(H,59,75)(H,60,77)(H,61,82)(H,62,76)(H,63,80)(H,64,78)(H,65,79)(H,66,81)(H,71,72)(H,73,74)(H,85,86)/t29-,30-,31-,32-,33-,34-,35-,36-,37-,42-,43-/m0/s1. The number of carbonyl (C=O) groups is 15. The molecule has 0 aromatic rings. The van der Waals surface area contributed by atoms with Crippen molar-refractivity contribution < 1.29 is 87.2 Å². The Bertz CT molecular complexity index is 2460. The molecule has 0 aromatic carbocycles. The van der Waals surface area contributed by atoms with Crippen molar-refractivity contribution in [3.63, 3.8) is 0 Å². The molecule has 11 atom stereocenters. The third-order valence-electron chi connectivity index (χ3n) is 14.3. The molecule has 484 valence electrons. The van der Waals surface area contributed by atoms with Crippen molar-refractivity contribution in [2.45, 2.75) is 205 Å². The predicted molar refractivity (Wildman–Crippen MR) is 304 cm³/mol. The minimum Gasteiger partial charge on any atom is -0.481 e. The fourth-order valence-corrected chi connectivity index (χ4v) is 9.60. The van der Waals surface area contributed by atoms with E-state index in [1.165, 1.54) is 23.6 Å². The van der Waals surface area contributed by atoms with Crippen LogP contribution in [0, 0.1) is 17.8 Å². The second kappa shape index (κ2) is 36.1. The monoisotopic (exact) mass is 1220 g/mol. The number of carboxylic acid groups (broad SMARTS) is 3. The van der Waals surface area contributed by atoms with Crippen LogP contribution in [0.2, 0.25) is 0 Å². The summed E-state index contributed by atoms with van der Waals surface area (Å²) < 4.78 is 0. The van der Waals surface area contributed by atoms with Crippen LogP contribution in [0.4, 0.5) is 0 Å². The highest BCUT2D eigenvalue weighted by Gasteiger charge is 2.44. The van der Waals surface area contributed by atoms with E-state index in [0.29, 0.717) is 19.3 Å². The van der Waals surface area contributed by atoms with Crippen molar-refractivity contribution in [3.05, 3.63) is 0 Å². The smallest absolute Gasteiger partial charge is 0.326 e. The number of carboxylic acids is 3. The van der Waals surface area contributed by atoms with E-state index < -0.39 is 206 Å². The minimum absolute atomic E-state index is 0.0256. The SMILES string of the molecule is CC(C)C[C@H](NC(=O)[C@@H]1CCCN1C(=O)[C@@H](NC(=O)[C@@H]1CCCN1C(=O)[C@H](CCC(=O)O)NC(=O)[C@H](C)NC(=O)[C@H](C)NC(=O)CN)C(C)C)C(=O)N[C@H](C(=O)N[C@@H](CCCCN)C(=O)N[C@@H](CCC(N)=O)C(=O)N[C@@H](CC(=O)O)C(=O)O)C(C)C. The molecule has 2 aliphatic heterocycles. The topological polar surface area (TPSA) is 510 Å². The lowest BCUT2D eigenvalue weighted by Gasteiger charge is -2.33. The molecule has 0 unspecified atom stereocenters. The molecule has 0 aromatic heterocycles. The summed E-state index contributed by atoms with van der Waals surface area (Å²) in [5.74, 6) is -15.8. The molecule has 2 heterocycles. The maximum Gasteiger partial charge on any atom is 0.326 e. The van der Waals surface area contributed by atoms with Gasteiger partial charge in [-0.1, -0.05) is 41.5 Å². The average Bonchev–Trinajstić information content (AvgIpc) is 2.39.